The van der Waals surface area contributed by atoms with Gasteiger partial charge in [0.1, 0.15) is 5.82 Å². The molecule has 0 spiro atoms. The molecule has 4 nitrogen and oxygen atoms in total. The summed E-state index contributed by atoms with van der Waals surface area (Å²) in [5, 5.41) is 10.2. The zero-order valence-corrected chi connectivity index (χ0v) is 22.3. The highest BCUT2D eigenvalue weighted by molar-refractivity contribution is 7.12. The zero-order chi connectivity index (χ0) is 26.8. The SMILES string of the molecule is CC1(C)CC(=O)C2=C(C1)N(c1cc(C(F)(F)F)ccc1Cl)C(N)=C(C#N)C2c1ccc(C(C)(C)C)s1. The Morgan fingerprint density at radius 3 is 2.39 bits per heavy atom. The molecule has 0 saturated heterocycles. The maximum atomic E-state index is 13.6. The highest BCUT2D eigenvalue weighted by Gasteiger charge is 2.46. The van der Waals surface area contributed by atoms with Crippen LogP contribution in [-0.2, 0) is 16.4 Å². The van der Waals surface area contributed by atoms with Crippen LogP contribution in [0.2, 0.25) is 5.02 Å². The fraction of sp³-hybridized carbons (Fsp3) is 0.407. The van der Waals surface area contributed by atoms with Crippen molar-refractivity contribution in [3.8, 4) is 6.07 Å². The van der Waals surface area contributed by atoms with E-state index in [0.717, 1.165) is 28.0 Å². The maximum Gasteiger partial charge on any atom is 0.416 e. The van der Waals surface area contributed by atoms with E-state index < -0.39 is 23.1 Å². The summed E-state index contributed by atoms with van der Waals surface area (Å²) in [7, 11) is 0. The summed E-state index contributed by atoms with van der Waals surface area (Å²) < 4.78 is 40.8. The molecule has 0 saturated carbocycles. The van der Waals surface area contributed by atoms with E-state index in [1.54, 1.807) is 0 Å². The number of thiophene rings is 1. The molecular weight excluding hydrogens is 507 g/mol. The van der Waals surface area contributed by atoms with Crippen molar-refractivity contribution in [3.05, 3.63) is 73.3 Å². The Balaban J connectivity index is 2.01. The van der Waals surface area contributed by atoms with Crippen LogP contribution in [0.1, 0.15) is 68.7 Å². The first-order valence-electron chi connectivity index (χ1n) is 11.5. The van der Waals surface area contributed by atoms with E-state index in [1.165, 1.54) is 16.2 Å². The fourth-order valence-corrected chi connectivity index (χ4v) is 6.23. The van der Waals surface area contributed by atoms with Crippen LogP contribution in [0.15, 0.2) is 53.0 Å². The number of Topliss-reactive ketones (excluding diaryl/α,β-unsaturated/α-hetero) is 1. The maximum absolute atomic E-state index is 13.6. The lowest BCUT2D eigenvalue weighted by Crippen LogP contribution is -2.42. The van der Waals surface area contributed by atoms with Gasteiger partial charge in [0.25, 0.3) is 0 Å². The second kappa shape index (κ2) is 8.67. The molecule has 190 valence electrons. The molecule has 1 aliphatic heterocycles. The van der Waals surface area contributed by atoms with Gasteiger partial charge in [-0.25, -0.2) is 0 Å². The Hall–Kier alpha value is -2.76. The minimum Gasteiger partial charge on any atom is -0.384 e. The first-order chi connectivity index (χ1) is 16.5. The number of halogens is 4. The minimum atomic E-state index is -4.60. The summed E-state index contributed by atoms with van der Waals surface area (Å²) in [5.41, 5.74) is 6.08. The van der Waals surface area contributed by atoms with E-state index >= 15 is 0 Å². The molecule has 2 heterocycles. The predicted octanol–water partition coefficient (Wildman–Crippen LogP) is 7.66. The molecule has 2 N–H and O–H groups in total. The van der Waals surface area contributed by atoms with Crippen molar-refractivity contribution in [1.29, 1.82) is 5.26 Å². The number of rotatable bonds is 2. The van der Waals surface area contributed by atoms with E-state index in [2.05, 4.69) is 26.8 Å². The smallest absolute Gasteiger partial charge is 0.384 e. The second-order valence-corrected chi connectivity index (χ2v) is 12.6. The summed E-state index contributed by atoms with van der Waals surface area (Å²) in [6.45, 7) is 10.1. The van der Waals surface area contributed by atoms with E-state index in [-0.39, 0.29) is 39.7 Å². The number of carbonyl (C=O) groups excluding carboxylic acids is 1. The Morgan fingerprint density at radius 1 is 1.17 bits per heavy atom. The number of anilines is 1. The quantitative estimate of drug-likeness (QED) is 0.430. The van der Waals surface area contributed by atoms with E-state index in [9.17, 15) is 23.2 Å². The highest BCUT2D eigenvalue weighted by atomic mass is 35.5. The fourth-order valence-electron chi connectivity index (χ4n) is 4.84. The van der Waals surface area contributed by atoms with Crippen molar-refractivity contribution in [2.75, 3.05) is 4.90 Å². The van der Waals surface area contributed by atoms with E-state index in [0.29, 0.717) is 17.7 Å². The highest BCUT2D eigenvalue weighted by Crippen LogP contribution is 2.52. The zero-order valence-electron chi connectivity index (χ0n) is 20.7. The lowest BCUT2D eigenvalue weighted by Gasteiger charge is -2.43. The lowest BCUT2D eigenvalue weighted by molar-refractivity contribution is -0.137. The molecular formula is C27H27ClF3N3OS. The number of hydrogen-bond acceptors (Lipinski definition) is 5. The van der Waals surface area contributed by atoms with Gasteiger partial charge in [0.05, 0.1) is 33.8 Å². The molecule has 0 bridgehead atoms. The number of nitriles is 1. The van der Waals surface area contributed by atoms with Gasteiger partial charge in [0.15, 0.2) is 5.78 Å². The average Bonchev–Trinajstić information content (AvgIpc) is 3.22. The van der Waals surface area contributed by atoms with Gasteiger partial charge in [-0.05, 0) is 47.6 Å². The summed E-state index contributed by atoms with van der Waals surface area (Å²) in [4.78, 5) is 16.9. The molecule has 1 aliphatic carbocycles. The molecule has 2 aliphatic rings. The van der Waals surface area contributed by atoms with Crippen molar-refractivity contribution >= 4 is 34.4 Å². The van der Waals surface area contributed by atoms with Crippen LogP contribution in [0.4, 0.5) is 18.9 Å². The van der Waals surface area contributed by atoms with Crippen molar-refractivity contribution in [2.24, 2.45) is 11.1 Å². The summed E-state index contributed by atoms with van der Waals surface area (Å²) in [6.07, 6.45) is -3.97. The van der Waals surface area contributed by atoms with Crippen LogP contribution in [0.5, 0.6) is 0 Å². The largest absolute Gasteiger partial charge is 0.416 e. The molecule has 0 radical (unpaired) electrons. The van der Waals surface area contributed by atoms with Crippen LogP contribution >= 0.6 is 22.9 Å². The number of allylic oxidation sites excluding steroid dienone is 3. The van der Waals surface area contributed by atoms with Gasteiger partial charge in [-0.2, -0.15) is 18.4 Å². The topological polar surface area (TPSA) is 70.1 Å². The Kier molecular flexibility index (Phi) is 6.34. The number of nitrogens with zero attached hydrogens (tertiary/aromatic N) is 2. The molecule has 1 atom stereocenters. The van der Waals surface area contributed by atoms with Gasteiger partial charge >= 0.3 is 6.18 Å². The van der Waals surface area contributed by atoms with E-state index in [4.69, 9.17) is 17.3 Å². The molecule has 1 unspecified atom stereocenters. The Bertz CT molecular complexity index is 1360. The van der Waals surface area contributed by atoms with Crippen molar-refractivity contribution < 1.29 is 18.0 Å². The van der Waals surface area contributed by atoms with Crippen molar-refractivity contribution in [2.45, 2.75) is 65.0 Å². The van der Waals surface area contributed by atoms with Gasteiger partial charge in [-0.3, -0.25) is 9.69 Å². The van der Waals surface area contributed by atoms with Crippen molar-refractivity contribution in [3.63, 3.8) is 0 Å². The third kappa shape index (κ3) is 4.55. The minimum absolute atomic E-state index is 0.00486. The molecule has 1 aromatic heterocycles. The first kappa shape index (κ1) is 26.3. The number of ketones is 1. The molecule has 4 rings (SSSR count). The number of nitrogens with two attached hydrogens (primary N) is 1. The van der Waals surface area contributed by atoms with Gasteiger partial charge in [-0.15, -0.1) is 11.3 Å². The molecule has 2 aromatic rings. The van der Waals surface area contributed by atoms with Crippen LogP contribution in [0.3, 0.4) is 0 Å². The molecule has 36 heavy (non-hydrogen) atoms. The lowest BCUT2D eigenvalue weighted by atomic mass is 9.69. The van der Waals surface area contributed by atoms with Crippen molar-refractivity contribution in [1.82, 2.24) is 0 Å². The first-order valence-corrected chi connectivity index (χ1v) is 12.7. The van der Waals surface area contributed by atoms with Crippen LogP contribution < -0.4 is 10.6 Å². The molecule has 9 heteroatoms. The molecule has 0 amide bonds. The normalized spacial score (nSPS) is 20.5. The molecule has 1 aromatic carbocycles. The third-order valence-corrected chi connectivity index (χ3v) is 8.44. The predicted molar refractivity (Wildman–Crippen MR) is 137 cm³/mol. The van der Waals surface area contributed by atoms with Gasteiger partial charge < -0.3 is 5.73 Å². The number of benzene rings is 1. The second-order valence-electron chi connectivity index (χ2n) is 11.1. The monoisotopic (exact) mass is 533 g/mol. The van der Waals surface area contributed by atoms with Gasteiger partial charge in [0, 0.05) is 27.4 Å². The third-order valence-electron chi connectivity index (χ3n) is 6.55. The number of carbonyl (C=O) groups is 1. The van der Waals surface area contributed by atoms with E-state index in [1.807, 2.05) is 26.0 Å². The number of hydrogen-bond donors (Lipinski definition) is 1. The standard InChI is InChI=1S/C27H27ClF3N3OS/c1-25(2,3)21-9-8-20(36-21)22-15(13-32)24(33)34(18-11-26(4,5)12-19(35)23(18)22)17-10-14(27(29,30)31)6-7-16(17)28/h6-10,22H,11-12,33H2,1-5H3. The van der Waals surface area contributed by atoms with Crippen LogP contribution in [0, 0.1) is 16.7 Å². The van der Waals surface area contributed by atoms with Crippen LogP contribution in [0.25, 0.3) is 0 Å². The Labute approximate surface area is 217 Å². The summed E-state index contributed by atoms with van der Waals surface area (Å²) in [6, 6.07) is 9.03. The summed E-state index contributed by atoms with van der Waals surface area (Å²) in [5.74, 6) is -0.848. The average molecular weight is 534 g/mol. The number of alkyl halides is 3. The molecule has 0 fully saturated rings. The Morgan fingerprint density at radius 2 is 1.83 bits per heavy atom. The van der Waals surface area contributed by atoms with Gasteiger partial charge in [0.2, 0.25) is 0 Å². The summed E-state index contributed by atoms with van der Waals surface area (Å²) >= 11 is 7.92. The van der Waals surface area contributed by atoms with Crippen LogP contribution in [-0.4, -0.2) is 5.78 Å². The van der Waals surface area contributed by atoms with Gasteiger partial charge in [-0.1, -0.05) is 46.2 Å².